The summed E-state index contributed by atoms with van der Waals surface area (Å²) in [5.41, 5.74) is 0.0755. The van der Waals surface area contributed by atoms with E-state index in [4.69, 9.17) is 5.11 Å². The molecule has 0 aliphatic carbocycles. The van der Waals surface area contributed by atoms with Gasteiger partial charge in [-0.2, -0.15) is 0 Å². The van der Waals surface area contributed by atoms with Gasteiger partial charge in [-0.25, -0.2) is 0 Å². The van der Waals surface area contributed by atoms with Crippen LogP contribution in [0.3, 0.4) is 0 Å². The predicted molar refractivity (Wildman–Crippen MR) is 82.0 cm³/mol. The lowest BCUT2D eigenvalue weighted by atomic mass is 10.3. The first-order valence-electron chi connectivity index (χ1n) is 7.07. The highest BCUT2D eigenvalue weighted by Gasteiger charge is 2.26. The Labute approximate surface area is 127 Å². The molecule has 118 valence electrons. The summed E-state index contributed by atoms with van der Waals surface area (Å²) in [5.74, 6) is 0. The second kappa shape index (κ2) is 7.17. The van der Waals surface area contributed by atoms with Crippen molar-refractivity contribution in [3.63, 3.8) is 0 Å². The highest BCUT2D eigenvalue weighted by molar-refractivity contribution is 7.16. The van der Waals surface area contributed by atoms with E-state index in [9.17, 15) is 15.2 Å². The maximum Gasteiger partial charge on any atom is 0.304 e. The predicted octanol–water partition coefficient (Wildman–Crippen LogP) is 1.21. The Morgan fingerprint density at radius 2 is 2.19 bits per heavy atom. The zero-order valence-electron chi connectivity index (χ0n) is 12.1. The van der Waals surface area contributed by atoms with E-state index in [-0.39, 0.29) is 17.2 Å². The number of nitrogens with zero attached hydrogens (tertiary/aromatic N) is 3. The normalized spacial score (nSPS) is 18.5. The van der Waals surface area contributed by atoms with Crippen LogP contribution in [-0.2, 0) is 0 Å². The van der Waals surface area contributed by atoms with Gasteiger partial charge in [0, 0.05) is 37.1 Å². The van der Waals surface area contributed by atoms with Gasteiger partial charge < -0.3 is 15.1 Å². The average Bonchev–Trinajstić information content (AvgIpc) is 2.76. The van der Waals surface area contributed by atoms with Gasteiger partial charge in [-0.15, -0.1) is 11.3 Å². The van der Waals surface area contributed by atoms with Crippen molar-refractivity contribution in [2.24, 2.45) is 0 Å². The highest BCUT2D eigenvalue weighted by atomic mass is 32.1. The van der Waals surface area contributed by atoms with E-state index in [1.807, 2.05) is 4.90 Å². The van der Waals surface area contributed by atoms with E-state index >= 15 is 0 Å². The summed E-state index contributed by atoms with van der Waals surface area (Å²) < 4.78 is 0. The monoisotopic (exact) mass is 315 g/mol. The third kappa shape index (κ3) is 3.91. The largest absolute Gasteiger partial charge is 0.395 e. The molecule has 0 bridgehead atoms. The molecule has 2 heterocycles. The van der Waals surface area contributed by atoms with Gasteiger partial charge >= 0.3 is 5.69 Å². The van der Waals surface area contributed by atoms with Crippen LogP contribution >= 0.6 is 11.3 Å². The first-order chi connectivity index (χ1) is 10.0. The number of hydrogen-bond donors (Lipinski definition) is 2. The minimum Gasteiger partial charge on any atom is -0.395 e. The van der Waals surface area contributed by atoms with E-state index < -0.39 is 6.10 Å². The van der Waals surface area contributed by atoms with E-state index in [2.05, 4.69) is 4.90 Å². The Morgan fingerprint density at radius 1 is 1.43 bits per heavy atom. The molecule has 1 aliphatic rings. The van der Waals surface area contributed by atoms with Crippen LogP contribution in [0, 0.1) is 10.1 Å². The molecule has 1 aromatic heterocycles. The number of β-amino-alcohol motifs (C(OH)–C–C–N with tert-alkyl or cyclic N) is 1. The number of thiophene rings is 1. The molecule has 21 heavy (non-hydrogen) atoms. The van der Waals surface area contributed by atoms with Gasteiger partial charge in [-0.1, -0.05) is 0 Å². The molecule has 2 N–H and O–H groups in total. The zero-order valence-corrected chi connectivity index (χ0v) is 12.9. The molecule has 0 radical (unpaired) electrons. The third-order valence-corrected chi connectivity index (χ3v) is 4.97. The molecule has 0 amide bonds. The molecule has 0 aromatic carbocycles. The second-order valence-corrected chi connectivity index (χ2v) is 6.24. The molecule has 0 spiro atoms. The molecule has 1 saturated heterocycles. The lowest BCUT2D eigenvalue weighted by Gasteiger charge is -2.21. The topological polar surface area (TPSA) is 90.1 Å². The molecule has 1 aromatic rings. The number of aliphatic hydroxyl groups excluding tert-OH is 2. The van der Waals surface area contributed by atoms with Crippen LogP contribution in [0.5, 0.6) is 0 Å². The van der Waals surface area contributed by atoms with Crippen molar-refractivity contribution in [1.29, 1.82) is 0 Å². The molecular weight excluding hydrogens is 294 g/mol. The average molecular weight is 315 g/mol. The lowest BCUT2D eigenvalue weighted by molar-refractivity contribution is -0.383. The lowest BCUT2D eigenvalue weighted by Crippen LogP contribution is -2.32. The second-order valence-electron chi connectivity index (χ2n) is 5.18. The fourth-order valence-electron chi connectivity index (χ4n) is 2.49. The van der Waals surface area contributed by atoms with Crippen molar-refractivity contribution in [3.8, 4) is 0 Å². The van der Waals surface area contributed by atoms with Crippen molar-refractivity contribution >= 4 is 22.0 Å². The molecule has 0 unspecified atom stereocenters. The number of rotatable bonds is 5. The first kappa shape index (κ1) is 16.2. The molecular formula is C13H21N3O4S. The van der Waals surface area contributed by atoms with Crippen LogP contribution in [0.4, 0.5) is 10.7 Å². The Bertz CT molecular complexity index is 492. The van der Waals surface area contributed by atoms with Crippen LogP contribution in [0.2, 0.25) is 0 Å². The summed E-state index contributed by atoms with van der Waals surface area (Å²) >= 11 is 1.29. The summed E-state index contributed by atoms with van der Waals surface area (Å²) in [6.45, 7) is 5.50. The van der Waals surface area contributed by atoms with Crippen molar-refractivity contribution in [2.45, 2.75) is 19.4 Å². The molecule has 1 aliphatic heterocycles. The summed E-state index contributed by atoms with van der Waals surface area (Å²) in [5, 5.41) is 30.5. The Kier molecular flexibility index (Phi) is 5.51. The van der Waals surface area contributed by atoms with Crippen molar-refractivity contribution in [3.05, 3.63) is 21.1 Å². The summed E-state index contributed by atoms with van der Waals surface area (Å²) in [6, 6.07) is 1.47. The number of aliphatic hydroxyl groups is 2. The van der Waals surface area contributed by atoms with Crippen LogP contribution in [0.15, 0.2) is 6.07 Å². The molecule has 7 nitrogen and oxygen atoms in total. The fourth-order valence-corrected chi connectivity index (χ4v) is 3.61. The minimum absolute atomic E-state index is 0.0755. The smallest absolute Gasteiger partial charge is 0.304 e. The zero-order chi connectivity index (χ0) is 15.4. The highest BCUT2D eigenvalue weighted by Crippen LogP contribution is 2.40. The van der Waals surface area contributed by atoms with Crippen LogP contribution < -0.4 is 4.90 Å². The van der Waals surface area contributed by atoms with Gasteiger partial charge in [0.1, 0.15) is 0 Å². The van der Waals surface area contributed by atoms with E-state index in [1.54, 1.807) is 6.92 Å². The standard InChI is InChI=1S/C13H21N3O4S/c1-10(18)12-9-11(16(19)20)13(21-12)15-4-2-3-14(5-6-15)7-8-17/h9-10,17-18H,2-8H2,1H3/t10-/m1/s1. The van der Waals surface area contributed by atoms with E-state index in [0.29, 0.717) is 23.0 Å². The summed E-state index contributed by atoms with van der Waals surface area (Å²) in [4.78, 5) is 15.6. The maximum atomic E-state index is 11.2. The van der Waals surface area contributed by atoms with Gasteiger partial charge in [-0.3, -0.25) is 15.0 Å². The SMILES string of the molecule is C[C@@H](O)c1cc([N+](=O)[O-])c(N2CCCN(CCO)CC2)s1. The molecule has 2 rings (SSSR count). The van der Waals surface area contributed by atoms with Crippen molar-refractivity contribution in [2.75, 3.05) is 44.2 Å². The Balaban J connectivity index is 2.18. The maximum absolute atomic E-state index is 11.2. The number of hydrogen-bond acceptors (Lipinski definition) is 7. The van der Waals surface area contributed by atoms with E-state index in [0.717, 1.165) is 26.1 Å². The van der Waals surface area contributed by atoms with Gasteiger partial charge in [0.15, 0.2) is 5.00 Å². The van der Waals surface area contributed by atoms with Gasteiger partial charge in [0.25, 0.3) is 0 Å². The van der Waals surface area contributed by atoms with Crippen LogP contribution in [-0.4, -0.2) is 59.4 Å². The number of anilines is 1. The van der Waals surface area contributed by atoms with Gasteiger partial charge in [0.05, 0.1) is 17.6 Å². The van der Waals surface area contributed by atoms with Crippen LogP contribution in [0.25, 0.3) is 0 Å². The molecule has 8 heteroatoms. The number of nitro groups is 1. The van der Waals surface area contributed by atoms with Gasteiger partial charge in [-0.05, 0) is 19.9 Å². The molecule has 1 atom stereocenters. The van der Waals surface area contributed by atoms with E-state index in [1.165, 1.54) is 17.4 Å². The summed E-state index contributed by atoms with van der Waals surface area (Å²) in [7, 11) is 0. The molecule has 0 saturated carbocycles. The Morgan fingerprint density at radius 3 is 2.81 bits per heavy atom. The van der Waals surface area contributed by atoms with Crippen LogP contribution in [0.1, 0.15) is 24.3 Å². The third-order valence-electron chi connectivity index (χ3n) is 3.61. The summed E-state index contributed by atoms with van der Waals surface area (Å²) in [6.07, 6.45) is 0.208. The van der Waals surface area contributed by atoms with Crippen molar-refractivity contribution < 1.29 is 15.1 Å². The Hall–Kier alpha value is -1.22. The minimum atomic E-state index is -0.694. The molecule has 1 fully saturated rings. The first-order valence-corrected chi connectivity index (χ1v) is 7.89. The fraction of sp³-hybridized carbons (Fsp3) is 0.692. The quantitative estimate of drug-likeness (QED) is 0.627. The van der Waals surface area contributed by atoms with Crippen molar-refractivity contribution in [1.82, 2.24) is 4.90 Å². The van der Waals surface area contributed by atoms with Gasteiger partial charge in [0.2, 0.25) is 0 Å².